The summed E-state index contributed by atoms with van der Waals surface area (Å²) < 4.78 is 59.9. The van der Waals surface area contributed by atoms with E-state index in [9.17, 15) is 16.8 Å². The third-order valence-electron chi connectivity index (χ3n) is 4.27. The maximum atomic E-state index is 12.7. The maximum Gasteiger partial charge on any atom is 0.282 e. The summed E-state index contributed by atoms with van der Waals surface area (Å²) in [5.74, 6) is 0. The largest absolute Gasteiger partial charge is 0.379 e. The Labute approximate surface area is 153 Å². The number of benzene rings is 1. The molecule has 0 bridgehead atoms. The van der Waals surface area contributed by atoms with Crippen molar-refractivity contribution in [2.75, 3.05) is 52.5 Å². The Morgan fingerprint density at radius 2 is 1.32 bits per heavy atom. The quantitative estimate of drug-likeness (QED) is 0.710. The minimum absolute atomic E-state index is 0.0427. The molecule has 8 nitrogen and oxygen atoms in total. The highest BCUT2D eigenvalue weighted by molar-refractivity contribution is 7.89. The van der Waals surface area contributed by atoms with Gasteiger partial charge in [-0.05, 0) is 12.1 Å². The van der Waals surface area contributed by atoms with Gasteiger partial charge >= 0.3 is 0 Å². The number of piperazine rings is 1. The van der Waals surface area contributed by atoms with Crippen LogP contribution in [0.4, 0.5) is 0 Å². The van der Waals surface area contributed by atoms with Crippen molar-refractivity contribution < 1.29 is 21.6 Å². The number of ether oxygens (including phenoxy) is 1. The van der Waals surface area contributed by atoms with E-state index in [0.717, 1.165) is 0 Å². The lowest BCUT2D eigenvalue weighted by Crippen LogP contribution is -2.55. The van der Waals surface area contributed by atoms with E-state index in [4.69, 9.17) is 16.3 Å². The van der Waals surface area contributed by atoms with Crippen LogP contribution in [0.25, 0.3) is 0 Å². The van der Waals surface area contributed by atoms with Crippen molar-refractivity contribution in [2.45, 2.75) is 4.90 Å². The van der Waals surface area contributed by atoms with Gasteiger partial charge in [0.15, 0.2) is 0 Å². The topological polar surface area (TPSA) is 87.2 Å². The van der Waals surface area contributed by atoms with Gasteiger partial charge in [-0.15, -0.1) is 0 Å². The van der Waals surface area contributed by atoms with Crippen LogP contribution in [0.15, 0.2) is 29.2 Å². The van der Waals surface area contributed by atoms with Crippen molar-refractivity contribution in [3.05, 3.63) is 29.3 Å². The second-order valence-corrected chi connectivity index (χ2v) is 9.99. The zero-order valence-electron chi connectivity index (χ0n) is 13.5. The molecule has 11 heteroatoms. The SMILES string of the molecule is O=S(=O)(c1ccccc1Cl)N1CCN(S(=O)(=O)N2CCOCC2)CC1. The third-order valence-corrected chi connectivity index (χ3v) is 8.71. The zero-order chi connectivity index (χ0) is 18.1. The van der Waals surface area contributed by atoms with Gasteiger partial charge in [0.2, 0.25) is 10.0 Å². The molecular formula is C14H20ClN3O5S2. The summed E-state index contributed by atoms with van der Waals surface area (Å²) in [4.78, 5) is 0.0427. The second kappa shape index (κ2) is 7.47. The molecule has 25 heavy (non-hydrogen) atoms. The Morgan fingerprint density at radius 1 is 0.800 bits per heavy atom. The van der Waals surface area contributed by atoms with Crippen LogP contribution in [-0.4, -0.2) is 82.2 Å². The highest BCUT2D eigenvalue weighted by Crippen LogP contribution is 2.25. The van der Waals surface area contributed by atoms with Gasteiger partial charge in [0.25, 0.3) is 10.2 Å². The molecule has 3 rings (SSSR count). The van der Waals surface area contributed by atoms with Crippen molar-refractivity contribution in [1.29, 1.82) is 0 Å². The summed E-state index contributed by atoms with van der Waals surface area (Å²) in [5, 5.41) is 0.158. The molecule has 1 aromatic rings. The van der Waals surface area contributed by atoms with Crippen molar-refractivity contribution in [1.82, 2.24) is 12.9 Å². The summed E-state index contributed by atoms with van der Waals surface area (Å²) in [7, 11) is -7.33. The zero-order valence-corrected chi connectivity index (χ0v) is 15.9. The third kappa shape index (κ3) is 3.85. The fraction of sp³-hybridized carbons (Fsp3) is 0.571. The molecule has 140 valence electrons. The van der Waals surface area contributed by atoms with Gasteiger partial charge in [-0.25, -0.2) is 8.42 Å². The summed E-state index contributed by atoms with van der Waals surface area (Å²) in [5.41, 5.74) is 0. The van der Waals surface area contributed by atoms with E-state index in [1.807, 2.05) is 0 Å². The van der Waals surface area contributed by atoms with Crippen LogP contribution in [-0.2, 0) is 25.0 Å². The van der Waals surface area contributed by atoms with E-state index in [2.05, 4.69) is 0 Å². The second-order valence-electron chi connectivity index (χ2n) is 5.75. The molecule has 0 aromatic heterocycles. The highest BCUT2D eigenvalue weighted by Gasteiger charge is 2.36. The molecule has 2 aliphatic heterocycles. The van der Waals surface area contributed by atoms with E-state index < -0.39 is 20.2 Å². The van der Waals surface area contributed by atoms with Crippen LogP contribution in [0, 0.1) is 0 Å². The van der Waals surface area contributed by atoms with Crippen LogP contribution in [0.2, 0.25) is 5.02 Å². The lowest BCUT2D eigenvalue weighted by atomic mass is 10.4. The summed E-state index contributed by atoms with van der Waals surface area (Å²) in [6.07, 6.45) is 0. The first-order valence-electron chi connectivity index (χ1n) is 7.91. The number of hydrogen-bond donors (Lipinski definition) is 0. The number of halogens is 1. The Balaban J connectivity index is 1.70. The Hall–Kier alpha value is -0.750. The van der Waals surface area contributed by atoms with Crippen molar-refractivity contribution >= 4 is 31.8 Å². The molecule has 2 heterocycles. The smallest absolute Gasteiger partial charge is 0.282 e. The van der Waals surface area contributed by atoms with E-state index in [0.29, 0.717) is 26.3 Å². The molecule has 2 aliphatic rings. The van der Waals surface area contributed by atoms with Gasteiger partial charge in [-0.2, -0.15) is 21.3 Å². The average Bonchev–Trinajstić information content (AvgIpc) is 2.63. The lowest BCUT2D eigenvalue weighted by molar-refractivity contribution is 0.0694. The number of sulfonamides is 1. The van der Waals surface area contributed by atoms with E-state index >= 15 is 0 Å². The molecule has 0 spiro atoms. The van der Waals surface area contributed by atoms with Crippen LogP contribution >= 0.6 is 11.6 Å². The first kappa shape index (κ1) is 19.0. The number of hydrogen-bond acceptors (Lipinski definition) is 5. The predicted molar refractivity (Wildman–Crippen MR) is 93.1 cm³/mol. The molecule has 0 saturated carbocycles. The summed E-state index contributed by atoms with van der Waals surface area (Å²) >= 11 is 6.00. The molecule has 0 aliphatic carbocycles. The molecule has 0 atom stereocenters. The van der Waals surface area contributed by atoms with Crippen LogP contribution in [0.1, 0.15) is 0 Å². The maximum absolute atomic E-state index is 12.7. The Kier molecular flexibility index (Phi) is 5.69. The summed E-state index contributed by atoms with van der Waals surface area (Å²) in [6, 6.07) is 6.24. The minimum atomic E-state index is -3.74. The molecular weight excluding hydrogens is 390 g/mol. The van der Waals surface area contributed by atoms with Crippen molar-refractivity contribution in [2.24, 2.45) is 0 Å². The van der Waals surface area contributed by atoms with Crippen LogP contribution in [0.5, 0.6) is 0 Å². The van der Waals surface area contributed by atoms with Gasteiger partial charge in [-0.1, -0.05) is 23.7 Å². The first-order valence-corrected chi connectivity index (χ1v) is 11.1. The molecule has 2 fully saturated rings. The van der Waals surface area contributed by atoms with Gasteiger partial charge in [0.1, 0.15) is 4.90 Å². The molecule has 2 saturated heterocycles. The fourth-order valence-electron chi connectivity index (χ4n) is 2.87. The Morgan fingerprint density at radius 3 is 1.92 bits per heavy atom. The Bertz CT molecular complexity index is 817. The van der Waals surface area contributed by atoms with Gasteiger partial charge < -0.3 is 4.74 Å². The van der Waals surface area contributed by atoms with Gasteiger partial charge in [0.05, 0.1) is 18.2 Å². The van der Waals surface area contributed by atoms with E-state index in [1.165, 1.54) is 25.0 Å². The fourth-order valence-corrected chi connectivity index (χ4v) is 6.35. The number of rotatable bonds is 4. The minimum Gasteiger partial charge on any atom is -0.379 e. The summed E-state index contributed by atoms with van der Waals surface area (Å²) in [6.45, 7) is 1.81. The van der Waals surface area contributed by atoms with Crippen molar-refractivity contribution in [3.8, 4) is 0 Å². The monoisotopic (exact) mass is 409 g/mol. The molecule has 0 radical (unpaired) electrons. The number of morpholine rings is 1. The standard InChI is InChI=1S/C14H20ClN3O5S2/c15-13-3-1-2-4-14(13)24(19,20)16-5-7-17(8-6-16)25(21,22)18-9-11-23-12-10-18/h1-4H,5-12H2. The first-order chi connectivity index (χ1) is 11.8. The number of nitrogens with zero attached hydrogens (tertiary/aromatic N) is 3. The van der Waals surface area contributed by atoms with E-state index in [1.54, 1.807) is 12.1 Å². The van der Waals surface area contributed by atoms with Crippen molar-refractivity contribution in [3.63, 3.8) is 0 Å². The average molecular weight is 410 g/mol. The predicted octanol–water partition coefficient (Wildman–Crippen LogP) is 0.223. The highest BCUT2D eigenvalue weighted by atomic mass is 35.5. The van der Waals surface area contributed by atoms with Gasteiger partial charge in [-0.3, -0.25) is 0 Å². The van der Waals surface area contributed by atoms with Crippen LogP contribution < -0.4 is 0 Å². The van der Waals surface area contributed by atoms with Gasteiger partial charge in [0, 0.05) is 39.3 Å². The molecule has 0 N–H and O–H groups in total. The normalized spacial score (nSPS) is 22.1. The van der Waals surface area contributed by atoms with E-state index in [-0.39, 0.29) is 36.1 Å². The molecule has 1 aromatic carbocycles. The molecule has 0 amide bonds. The lowest BCUT2D eigenvalue weighted by Gasteiger charge is -2.37. The molecule has 0 unspecified atom stereocenters. The van der Waals surface area contributed by atoms with Crippen LogP contribution in [0.3, 0.4) is 0 Å².